The molecule has 9 heteroatoms. The minimum Gasteiger partial charge on any atom is -0.423 e. The van der Waals surface area contributed by atoms with E-state index in [9.17, 15) is 14.4 Å². The molecule has 8 nitrogen and oxygen atoms in total. The largest absolute Gasteiger partial charge is 0.423 e. The van der Waals surface area contributed by atoms with E-state index in [4.69, 9.17) is 9.15 Å². The number of carbonyl (C=O) groups excluding carboxylic acids is 2. The van der Waals surface area contributed by atoms with Gasteiger partial charge in [0.05, 0.1) is 12.5 Å². The number of piperazine rings is 1. The fraction of sp³-hybridized carbons (Fsp3) is 0.292. The zero-order valence-electron chi connectivity index (χ0n) is 18.2. The molecule has 1 fully saturated rings. The number of hydrogen-bond acceptors (Lipinski definition) is 6. The fourth-order valence-corrected chi connectivity index (χ4v) is 3.79. The molecule has 4 rings (SSSR count). The second-order valence-electron chi connectivity index (χ2n) is 7.79. The van der Waals surface area contributed by atoms with E-state index >= 15 is 0 Å². The zero-order valence-corrected chi connectivity index (χ0v) is 19.0. The molecule has 2 N–H and O–H groups in total. The maximum Gasteiger partial charge on any atom is 0.415 e. The second-order valence-corrected chi connectivity index (χ2v) is 7.79. The standard InChI is InChI=1S/C24H25N3O5.ClH/c1-16-11-23(29)32-21-13-19(7-8-20(16)21)31-24(30)27-10-9-25-14-18(27)15-26-22(28)12-17-5-3-2-4-6-17;/h2-8,11,13,18,25H,9-10,12,14-15H2,1H3,(H,26,28);1H. The lowest BCUT2D eigenvalue weighted by atomic mass is 10.1. The Morgan fingerprint density at radius 1 is 1.18 bits per heavy atom. The van der Waals surface area contributed by atoms with Crippen molar-refractivity contribution in [3.05, 3.63) is 76.1 Å². The van der Waals surface area contributed by atoms with Gasteiger partial charge in [-0.25, -0.2) is 9.59 Å². The van der Waals surface area contributed by atoms with Gasteiger partial charge in [0, 0.05) is 43.7 Å². The van der Waals surface area contributed by atoms with Crippen LogP contribution < -0.4 is 21.0 Å². The summed E-state index contributed by atoms with van der Waals surface area (Å²) in [6.45, 7) is 3.78. The number of carbonyl (C=O) groups is 2. The van der Waals surface area contributed by atoms with E-state index in [1.54, 1.807) is 23.1 Å². The molecule has 2 aromatic carbocycles. The van der Waals surface area contributed by atoms with Crippen LogP contribution in [0.15, 0.2) is 63.8 Å². The van der Waals surface area contributed by atoms with E-state index in [-0.39, 0.29) is 30.8 Å². The van der Waals surface area contributed by atoms with Gasteiger partial charge in [0.1, 0.15) is 11.3 Å². The number of ether oxygens (including phenoxy) is 1. The number of benzene rings is 2. The van der Waals surface area contributed by atoms with Crippen LogP contribution in [0.25, 0.3) is 11.0 Å². The van der Waals surface area contributed by atoms with Crippen LogP contribution in [0.2, 0.25) is 0 Å². The first-order chi connectivity index (χ1) is 15.5. The van der Waals surface area contributed by atoms with Crippen molar-refractivity contribution in [2.45, 2.75) is 19.4 Å². The van der Waals surface area contributed by atoms with Gasteiger partial charge in [0.2, 0.25) is 5.91 Å². The Balaban J connectivity index is 0.00000306. The first-order valence-electron chi connectivity index (χ1n) is 10.5. The number of aryl methyl sites for hydroxylation is 1. The summed E-state index contributed by atoms with van der Waals surface area (Å²) in [7, 11) is 0. The number of rotatable bonds is 5. The number of nitrogens with one attached hydrogen (secondary N) is 2. The van der Waals surface area contributed by atoms with Gasteiger partial charge in [-0.3, -0.25) is 4.79 Å². The van der Waals surface area contributed by atoms with Gasteiger partial charge >= 0.3 is 11.7 Å². The van der Waals surface area contributed by atoms with Crippen molar-refractivity contribution in [1.82, 2.24) is 15.5 Å². The highest BCUT2D eigenvalue weighted by Crippen LogP contribution is 2.23. The molecule has 0 bridgehead atoms. The number of halogens is 1. The molecule has 0 spiro atoms. The van der Waals surface area contributed by atoms with Crippen LogP contribution in [0.3, 0.4) is 0 Å². The first kappa shape index (κ1) is 24.3. The summed E-state index contributed by atoms with van der Waals surface area (Å²) in [5.41, 5.74) is 1.64. The van der Waals surface area contributed by atoms with Crippen LogP contribution in [0.5, 0.6) is 5.75 Å². The Kier molecular flexibility index (Phi) is 8.08. The van der Waals surface area contributed by atoms with Crippen LogP contribution in [0, 0.1) is 6.92 Å². The lowest BCUT2D eigenvalue weighted by Gasteiger charge is -2.35. The van der Waals surface area contributed by atoms with Crippen molar-refractivity contribution in [2.24, 2.45) is 0 Å². The fourth-order valence-electron chi connectivity index (χ4n) is 3.79. The maximum absolute atomic E-state index is 12.9. The Morgan fingerprint density at radius 2 is 1.97 bits per heavy atom. The van der Waals surface area contributed by atoms with Crippen LogP contribution in [-0.2, 0) is 11.2 Å². The average molecular weight is 472 g/mol. The van der Waals surface area contributed by atoms with Crippen molar-refractivity contribution in [3.8, 4) is 5.75 Å². The predicted molar refractivity (Wildman–Crippen MR) is 127 cm³/mol. The molecule has 174 valence electrons. The molecule has 1 saturated heterocycles. The zero-order chi connectivity index (χ0) is 22.5. The van der Waals surface area contributed by atoms with Gasteiger partial charge in [0.15, 0.2) is 0 Å². The highest BCUT2D eigenvalue weighted by Gasteiger charge is 2.28. The monoisotopic (exact) mass is 471 g/mol. The highest BCUT2D eigenvalue weighted by atomic mass is 35.5. The third-order valence-corrected chi connectivity index (χ3v) is 5.46. The number of fused-ring (bicyclic) bond motifs is 1. The topological polar surface area (TPSA) is 101 Å². The van der Waals surface area contributed by atoms with Gasteiger partial charge in [-0.1, -0.05) is 30.3 Å². The molecule has 1 aliphatic heterocycles. The van der Waals surface area contributed by atoms with E-state index in [2.05, 4.69) is 10.6 Å². The predicted octanol–water partition coefficient (Wildman–Crippen LogP) is 2.65. The van der Waals surface area contributed by atoms with Crippen molar-refractivity contribution >= 4 is 35.4 Å². The molecule has 33 heavy (non-hydrogen) atoms. The van der Waals surface area contributed by atoms with Crippen LogP contribution >= 0.6 is 12.4 Å². The Morgan fingerprint density at radius 3 is 2.76 bits per heavy atom. The third kappa shape index (κ3) is 6.12. The number of nitrogens with zero attached hydrogens (tertiary/aromatic N) is 1. The summed E-state index contributed by atoms with van der Waals surface area (Å²) in [6.07, 6.45) is -0.226. The third-order valence-electron chi connectivity index (χ3n) is 5.46. The van der Waals surface area contributed by atoms with Gasteiger partial charge in [0.25, 0.3) is 0 Å². The summed E-state index contributed by atoms with van der Waals surface area (Å²) < 4.78 is 10.8. The van der Waals surface area contributed by atoms with Crippen molar-refractivity contribution < 1.29 is 18.7 Å². The molecule has 1 unspecified atom stereocenters. The van der Waals surface area contributed by atoms with Crippen molar-refractivity contribution in [1.29, 1.82) is 0 Å². The summed E-state index contributed by atoms with van der Waals surface area (Å²) in [5, 5.41) is 6.93. The van der Waals surface area contributed by atoms with E-state index in [1.165, 1.54) is 6.07 Å². The maximum atomic E-state index is 12.9. The molecule has 1 atom stereocenters. The summed E-state index contributed by atoms with van der Waals surface area (Å²) in [4.78, 5) is 38.4. The van der Waals surface area contributed by atoms with Gasteiger partial charge in [-0.05, 0) is 30.2 Å². The van der Waals surface area contributed by atoms with Gasteiger partial charge in [-0.15, -0.1) is 12.4 Å². The summed E-state index contributed by atoms with van der Waals surface area (Å²) in [6, 6.07) is 15.7. The van der Waals surface area contributed by atoms with E-state index < -0.39 is 11.7 Å². The van der Waals surface area contributed by atoms with Gasteiger partial charge in [-0.2, -0.15) is 0 Å². The van der Waals surface area contributed by atoms with Crippen LogP contribution in [0.4, 0.5) is 4.79 Å². The summed E-state index contributed by atoms with van der Waals surface area (Å²) in [5.74, 6) is 0.191. The molecule has 2 amide bonds. The normalized spacial score (nSPS) is 15.5. The Labute approximate surface area is 197 Å². The van der Waals surface area contributed by atoms with Crippen LogP contribution in [0.1, 0.15) is 11.1 Å². The highest BCUT2D eigenvalue weighted by molar-refractivity contribution is 5.85. The van der Waals surface area contributed by atoms with E-state index in [0.717, 1.165) is 16.5 Å². The minimum atomic E-state index is -0.511. The van der Waals surface area contributed by atoms with E-state index in [1.807, 2.05) is 37.3 Å². The van der Waals surface area contributed by atoms with Gasteiger partial charge < -0.3 is 24.7 Å². The average Bonchev–Trinajstić information content (AvgIpc) is 2.78. The lowest BCUT2D eigenvalue weighted by Crippen LogP contribution is -2.58. The molecule has 0 radical (unpaired) electrons. The molecule has 3 aromatic rings. The van der Waals surface area contributed by atoms with Crippen molar-refractivity contribution in [3.63, 3.8) is 0 Å². The van der Waals surface area contributed by atoms with Crippen molar-refractivity contribution in [2.75, 3.05) is 26.2 Å². The molecule has 0 aliphatic carbocycles. The molecule has 1 aromatic heterocycles. The minimum absolute atomic E-state index is 0. The molecular weight excluding hydrogens is 446 g/mol. The molecule has 1 aliphatic rings. The number of hydrogen-bond donors (Lipinski definition) is 2. The second kappa shape index (κ2) is 11.0. The molecule has 2 heterocycles. The summed E-state index contributed by atoms with van der Waals surface area (Å²) >= 11 is 0. The SMILES string of the molecule is Cc1cc(=O)oc2cc(OC(=O)N3CCNCC3CNC(=O)Cc3ccccc3)ccc12.Cl. The molecule has 0 saturated carbocycles. The smallest absolute Gasteiger partial charge is 0.415 e. The quantitative estimate of drug-likeness (QED) is 0.555. The lowest BCUT2D eigenvalue weighted by molar-refractivity contribution is -0.120. The van der Waals surface area contributed by atoms with E-state index in [0.29, 0.717) is 37.5 Å². The molecular formula is C24H26ClN3O5. The van der Waals surface area contributed by atoms with Crippen LogP contribution in [-0.4, -0.2) is 49.1 Å². The number of amides is 2. The first-order valence-corrected chi connectivity index (χ1v) is 10.5. The Hall–Kier alpha value is -3.36. The Bertz CT molecular complexity index is 1180.